The van der Waals surface area contributed by atoms with Crippen molar-refractivity contribution in [3.05, 3.63) is 6.16 Å². The summed E-state index contributed by atoms with van der Waals surface area (Å²) in [4.78, 5) is 0. The summed E-state index contributed by atoms with van der Waals surface area (Å²) in [5.74, 6) is 3.67. The Labute approximate surface area is 132 Å². The third kappa shape index (κ3) is 12.6. The summed E-state index contributed by atoms with van der Waals surface area (Å²) in [5, 5.41) is 0. The van der Waals surface area contributed by atoms with Crippen molar-refractivity contribution >= 4 is 43.5 Å². The Morgan fingerprint density at radius 3 is 1.94 bits per heavy atom. The van der Waals surface area contributed by atoms with E-state index in [1.165, 1.54) is 40.3 Å². The summed E-state index contributed by atoms with van der Waals surface area (Å²) in [6.07, 6.45) is 9.27. The predicted octanol–water partition coefficient (Wildman–Crippen LogP) is 6.86. The summed E-state index contributed by atoms with van der Waals surface area (Å²) in [6.45, 7) is 9.14. The van der Waals surface area contributed by atoms with E-state index in [1.54, 1.807) is 0 Å². The van der Waals surface area contributed by atoms with Crippen LogP contribution in [-0.2, 0) is 12.3 Å². The van der Waals surface area contributed by atoms with Crippen molar-refractivity contribution in [2.24, 2.45) is 10.8 Å². The molecule has 0 aliphatic heterocycles. The molecule has 1 aliphatic carbocycles. The van der Waals surface area contributed by atoms with Crippen LogP contribution in [0.3, 0.4) is 0 Å². The van der Waals surface area contributed by atoms with Crippen molar-refractivity contribution in [3.8, 4) is 0 Å². The summed E-state index contributed by atoms with van der Waals surface area (Å²) in [7, 11) is 16.2. The van der Waals surface area contributed by atoms with Gasteiger partial charge < -0.3 is 20.2 Å². The molecule has 108 valence electrons. The molecule has 0 atom stereocenters. The number of hydrogen-bond acceptors (Lipinski definition) is 0. The molecule has 0 saturated heterocycles. The van der Waals surface area contributed by atoms with Crippen LogP contribution in [0, 0.1) is 17.0 Å². The van der Waals surface area contributed by atoms with E-state index < -0.39 is 12.3 Å². The molecule has 0 aromatic rings. The molecule has 0 amide bonds. The van der Waals surface area contributed by atoms with Crippen molar-refractivity contribution in [2.45, 2.75) is 59.8 Å². The topological polar surface area (TPSA) is 0 Å². The van der Waals surface area contributed by atoms with Crippen LogP contribution in [0.4, 0.5) is 0 Å². The van der Waals surface area contributed by atoms with Gasteiger partial charge in [0.15, 0.2) is 0 Å². The van der Waals surface area contributed by atoms with E-state index in [0.717, 1.165) is 0 Å². The van der Waals surface area contributed by atoms with Gasteiger partial charge in [0.25, 0.3) is 0 Å². The maximum absolute atomic E-state index is 4.95. The minimum absolute atomic E-state index is 0.333. The molecule has 5 heteroatoms. The Kier molecular flexibility index (Phi) is 10.4. The molecule has 1 rings (SSSR count). The first kappa shape index (κ1) is 19.6. The van der Waals surface area contributed by atoms with Crippen LogP contribution in [0.15, 0.2) is 0 Å². The molecule has 0 nitrogen and oxygen atoms in total. The Morgan fingerprint density at radius 2 is 1.56 bits per heavy atom. The molecule has 18 heavy (non-hydrogen) atoms. The molecule has 0 N–H and O–H groups in total. The second-order valence-corrected chi connectivity index (χ2v) is 13.7. The molecule has 1 fully saturated rings. The van der Waals surface area contributed by atoms with Crippen molar-refractivity contribution < 1.29 is 12.3 Å². The van der Waals surface area contributed by atoms with Crippen LogP contribution < -0.4 is 0 Å². The zero-order chi connectivity index (χ0) is 14.2. The second-order valence-electron chi connectivity index (χ2n) is 6.05. The van der Waals surface area contributed by atoms with Crippen molar-refractivity contribution in [3.63, 3.8) is 0 Å². The fraction of sp³-hybridized carbons (Fsp3) is 0.846. The maximum atomic E-state index is 4.95. The SMILES string of the molecule is CC(C)(C)[CH-]P=[C-]C1(C)CCCCC1.[Cl][V]([Cl])[Cl]. The van der Waals surface area contributed by atoms with Gasteiger partial charge in [0, 0.05) is 0 Å². The first-order valence-electron chi connectivity index (χ1n) is 6.23. The summed E-state index contributed by atoms with van der Waals surface area (Å²) >= 11 is -1.77. The molecule has 0 aromatic carbocycles. The van der Waals surface area contributed by atoms with E-state index in [1.807, 2.05) is 0 Å². The number of hydrogen-bond donors (Lipinski definition) is 0. The monoisotopic (exact) mass is 366 g/mol. The molecule has 0 radical (unpaired) electrons. The van der Waals surface area contributed by atoms with Crippen molar-refractivity contribution in [1.82, 2.24) is 0 Å². The molecular formula is C13H23Cl3PV-2. The Balaban J connectivity index is 0.000000631. The molecule has 0 spiro atoms. The first-order chi connectivity index (χ1) is 8.15. The van der Waals surface area contributed by atoms with Gasteiger partial charge in [-0.1, -0.05) is 59.8 Å². The van der Waals surface area contributed by atoms with Crippen LogP contribution in [0.2, 0.25) is 0 Å². The van der Waals surface area contributed by atoms with E-state index in [4.69, 9.17) is 29.5 Å². The third-order valence-corrected chi connectivity index (χ3v) is 4.32. The molecule has 0 heterocycles. The van der Waals surface area contributed by atoms with E-state index >= 15 is 0 Å². The quantitative estimate of drug-likeness (QED) is 0.369. The van der Waals surface area contributed by atoms with E-state index in [2.05, 4.69) is 39.7 Å². The summed E-state index contributed by atoms with van der Waals surface area (Å²) in [6, 6.07) is 0. The van der Waals surface area contributed by atoms with Gasteiger partial charge in [-0.3, -0.25) is 0 Å². The van der Waals surface area contributed by atoms with Gasteiger partial charge in [-0.05, 0) is 0 Å². The molecule has 1 aliphatic rings. The predicted molar refractivity (Wildman–Crippen MR) is 84.4 cm³/mol. The fourth-order valence-electron chi connectivity index (χ4n) is 1.83. The molecular weight excluding hydrogens is 344 g/mol. The Bertz CT molecular complexity index is 240. The van der Waals surface area contributed by atoms with E-state index in [-0.39, 0.29) is 0 Å². The zero-order valence-corrected chi connectivity index (χ0v) is 16.2. The van der Waals surface area contributed by atoms with Crippen molar-refractivity contribution in [2.75, 3.05) is 0 Å². The standard InChI is InChI=1S/C13H23P.3ClH.V/c1-12(2,3)10-14-11-13(4)8-6-5-7-9-13;;;;/h10H,5-9H2,1-4H3;3*1H;/q-2;;;;+3/p-3. The van der Waals surface area contributed by atoms with Crippen LogP contribution in [0.5, 0.6) is 0 Å². The average molecular weight is 368 g/mol. The molecule has 0 unspecified atom stereocenters. The molecule has 0 bridgehead atoms. The van der Waals surface area contributed by atoms with Gasteiger partial charge in [0.2, 0.25) is 0 Å². The fourth-order valence-corrected chi connectivity index (χ4v) is 2.81. The van der Waals surface area contributed by atoms with Crippen LogP contribution in [0.25, 0.3) is 0 Å². The van der Waals surface area contributed by atoms with Gasteiger partial charge in [-0.2, -0.15) is 10.8 Å². The van der Waals surface area contributed by atoms with Gasteiger partial charge in [0.05, 0.1) is 0 Å². The Morgan fingerprint density at radius 1 is 1.11 bits per heavy atom. The van der Waals surface area contributed by atoms with Crippen LogP contribution in [-0.4, -0.2) is 5.80 Å². The van der Waals surface area contributed by atoms with Gasteiger partial charge in [-0.25, -0.2) is 0 Å². The molecule has 0 aromatic heterocycles. The summed E-state index contributed by atoms with van der Waals surface area (Å²) in [5.41, 5.74) is 0.737. The number of rotatable bonds is 2. The minimum atomic E-state index is -1.77. The zero-order valence-electron chi connectivity index (χ0n) is 11.6. The van der Waals surface area contributed by atoms with E-state index in [9.17, 15) is 0 Å². The van der Waals surface area contributed by atoms with Crippen LogP contribution in [0.1, 0.15) is 59.8 Å². The van der Waals surface area contributed by atoms with E-state index in [0.29, 0.717) is 10.8 Å². The van der Waals surface area contributed by atoms with Crippen LogP contribution >= 0.6 is 37.7 Å². The summed E-state index contributed by atoms with van der Waals surface area (Å²) < 4.78 is 0. The van der Waals surface area contributed by atoms with Gasteiger partial charge in [-0.15, -0.1) is 0 Å². The second kappa shape index (κ2) is 9.54. The number of halogens is 3. The average Bonchev–Trinajstić information content (AvgIpc) is 2.15. The molecule has 1 saturated carbocycles. The van der Waals surface area contributed by atoms with Crippen molar-refractivity contribution in [1.29, 1.82) is 0 Å². The Hall–Kier alpha value is 1.62. The van der Waals surface area contributed by atoms with Gasteiger partial charge in [0.1, 0.15) is 0 Å². The third-order valence-electron chi connectivity index (χ3n) is 2.74. The first-order valence-corrected chi connectivity index (χ1v) is 13.0. The normalized spacial score (nSPS) is 19.8. The van der Waals surface area contributed by atoms with Gasteiger partial charge >= 0.3 is 41.8 Å².